The summed E-state index contributed by atoms with van der Waals surface area (Å²) in [5.41, 5.74) is 4.04. The van der Waals surface area contributed by atoms with Gasteiger partial charge in [0.15, 0.2) is 0 Å². The van der Waals surface area contributed by atoms with Gasteiger partial charge in [0.1, 0.15) is 6.54 Å². The van der Waals surface area contributed by atoms with Crippen LogP contribution < -0.4 is 0 Å². The van der Waals surface area contributed by atoms with Crippen LogP contribution in [0, 0.1) is 15.8 Å². The second-order valence-corrected chi connectivity index (χ2v) is 8.11. The van der Waals surface area contributed by atoms with Gasteiger partial charge in [-0.3, -0.25) is 0 Å². The normalized spacial score (nSPS) is 10.4. The Labute approximate surface area is 180 Å². The highest BCUT2D eigenvalue weighted by Gasteiger charge is 2.09. The van der Waals surface area contributed by atoms with E-state index in [1.54, 1.807) is 11.8 Å². The van der Waals surface area contributed by atoms with Crippen molar-refractivity contribution in [1.82, 2.24) is 4.57 Å². The highest BCUT2D eigenvalue weighted by atomic mass is 32.2. The highest BCUT2D eigenvalue weighted by Crippen LogP contribution is 2.32. The van der Waals surface area contributed by atoms with E-state index < -0.39 is 0 Å². The number of hydrogen-bond acceptors (Lipinski definition) is 3. The van der Waals surface area contributed by atoms with E-state index in [0.717, 1.165) is 26.8 Å². The van der Waals surface area contributed by atoms with Crippen molar-refractivity contribution in [2.75, 3.05) is 0 Å². The van der Waals surface area contributed by atoms with E-state index in [1.165, 1.54) is 9.79 Å². The fraction of sp³-hybridized carbons (Fsp3) is 0.0400. The Kier molecular flexibility index (Phi) is 5.90. The van der Waals surface area contributed by atoms with Crippen molar-refractivity contribution in [1.29, 1.82) is 5.26 Å². The van der Waals surface area contributed by atoms with Gasteiger partial charge in [0.05, 0.1) is 10.6 Å². The number of rotatable bonds is 5. The summed E-state index contributed by atoms with van der Waals surface area (Å²) in [5.74, 6) is 0. The molecule has 4 aromatic rings. The molecule has 0 unspecified atom stereocenters. The van der Waals surface area contributed by atoms with Crippen LogP contribution in [0.15, 0.2) is 107 Å². The van der Waals surface area contributed by atoms with Crippen LogP contribution in [0.25, 0.3) is 22.3 Å². The summed E-state index contributed by atoms with van der Waals surface area (Å²) in [7, 11) is 0. The summed E-state index contributed by atoms with van der Waals surface area (Å²) in [6, 6.07) is 31.1. The third-order valence-corrected chi connectivity index (χ3v) is 6.02. The zero-order chi connectivity index (χ0) is 20.1. The first kappa shape index (κ1) is 19.2. The molecule has 0 spiro atoms. The number of hydrogen-bond donors (Lipinski definition) is 0. The third-order valence-electron chi connectivity index (χ3n) is 4.56. The minimum atomic E-state index is 0.282. The first-order chi connectivity index (χ1) is 14.2. The van der Waals surface area contributed by atoms with Gasteiger partial charge in [-0.1, -0.05) is 84.6 Å². The van der Waals surface area contributed by atoms with E-state index in [-0.39, 0.29) is 6.54 Å². The Morgan fingerprint density at radius 3 is 1.83 bits per heavy atom. The zero-order valence-corrected chi connectivity index (χ0v) is 17.3. The molecule has 1 aromatic heterocycles. The van der Waals surface area contributed by atoms with E-state index in [0.29, 0.717) is 0 Å². The van der Waals surface area contributed by atoms with E-state index in [1.807, 2.05) is 65.5 Å². The van der Waals surface area contributed by atoms with Gasteiger partial charge in [0, 0.05) is 33.3 Å². The topological polar surface area (TPSA) is 28.7 Å². The van der Waals surface area contributed by atoms with Gasteiger partial charge in [0.25, 0.3) is 0 Å². The van der Waals surface area contributed by atoms with Gasteiger partial charge in [-0.25, -0.2) is 0 Å². The molecule has 0 N–H and O–H groups in total. The molecule has 1 heterocycles. The molecular weight excluding hydrogens is 392 g/mol. The molecule has 0 aliphatic rings. The van der Waals surface area contributed by atoms with Crippen molar-refractivity contribution >= 4 is 24.0 Å². The second-order valence-electron chi connectivity index (χ2n) is 6.55. The van der Waals surface area contributed by atoms with Crippen LogP contribution in [0.3, 0.4) is 0 Å². The third kappa shape index (κ3) is 4.48. The monoisotopic (exact) mass is 410 g/mol. The van der Waals surface area contributed by atoms with Crippen molar-refractivity contribution < 1.29 is 0 Å². The van der Waals surface area contributed by atoms with Crippen LogP contribution in [0.2, 0.25) is 0 Å². The first-order valence-electron chi connectivity index (χ1n) is 9.24. The highest BCUT2D eigenvalue weighted by molar-refractivity contribution is 7.99. The number of nitriles is 1. The molecular formula is C25H18N2S2. The van der Waals surface area contributed by atoms with Crippen molar-refractivity contribution in [3.8, 4) is 28.3 Å². The molecule has 2 nitrogen and oxygen atoms in total. The number of pyridine rings is 1. The maximum atomic E-state index is 9.19. The van der Waals surface area contributed by atoms with Crippen LogP contribution >= 0.6 is 24.0 Å². The molecule has 0 amide bonds. The summed E-state index contributed by atoms with van der Waals surface area (Å²) in [5, 5.41) is 9.19. The van der Waals surface area contributed by atoms with Crippen LogP contribution in [0.5, 0.6) is 0 Å². The lowest BCUT2D eigenvalue weighted by Gasteiger charge is -2.12. The summed E-state index contributed by atoms with van der Waals surface area (Å²) in [6.07, 6.45) is 3.93. The van der Waals surface area contributed by atoms with Crippen LogP contribution in [0.1, 0.15) is 0 Å². The Balaban J connectivity index is 1.73. The average molecular weight is 411 g/mol. The van der Waals surface area contributed by atoms with Gasteiger partial charge in [-0.2, -0.15) is 5.26 Å². The van der Waals surface area contributed by atoms with Crippen LogP contribution in [-0.2, 0) is 6.54 Å². The fourth-order valence-corrected chi connectivity index (χ4v) is 4.34. The van der Waals surface area contributed by atoms with Crippen LogP contribution in [0.4, 0.5) is 0 Å². The number of aromatic nitrogens is 1. The smallest absolute Gasteiger partial charge is 0.109 e. The predicted molar refractivity (Wildman–Crippen MR) is 122 cm³/mol. The van der Waals surface area contributed by atoms with E-state index >= 15 is 0 Å². The SMILES string of the molecule is N#CCn1cc(-c2ccccc2)c(=S)c(-c2ccc(Sc3ccccc3)cc2)c1. The molecule has 0 bridgehead atoms. The largest absolute Gasteiger partial charge is 0.339 e. The zero-order valence-electron chi connectivity index (χ0n) is 15.7. The molecule has 0 fully saturated rings. The Hall–Kier alpha value is -3.13. The summed E-state index contributed by atoms with van der Waals surface area (Å²) >= 11 is 7.57. The number of benzene rings is 3. The minimum absolute atomic E-state index is 0.282. The Morgan fingerprint density at radius 2 is 1.24 bits per heavy atom. The lowest BCUT2D eigenvalue weighted by Crippen LogP contribution is -1.99. The van der Waals surface area contributed by atoms with Gasteiger partial charge in [-0.05, 0) is 35.4 Å². The molecule has 29 heavy (non-hydrogen) atoms. The molecule has 140 valence electrons. The maximum absolute atomic E-state index is 9.19. The summed E-state index contributed by atoms with van der Waals surface area (Å²) in [4.78, 5) is 2.39. The molecule has 4 rings (SSSR count). The van der Waals surface area contributed by atoms with Crippen molar-refractivity contribution in [3.63, 3.8) is 0 Å². The molecule has 3 aromatic carbocycles. The summed E-state index contributed by atoms with van der Waals surface area (Å²) < 4.78 is 2.70. The van der Waals surface area contributed by atoms with Crippen molar-refractivity contribution in [2.24, 2.45) is 0 Å². The van der Waals surface area contributed by atoms with E-state index in [9.17, 15) is 5.26 Å². The van der Waals surface area contributed by atoms with Gasteiger partial charge in [-0.15, -0.1) is 0 Å². The predicted octanol–water partition coefficient (Wildman–Crippen LogP) is 7.23. The van der Waals surface area contributed by atoms with Crippen molar-refractivity contribution in [2.45, 2.75) is 16.3 Å². The molecule has 0 radical (unpaired) electrons. The Morgan fingerprint density at radius 1 is 0.724 bits per heavy atom. The van der Waals surface area contributed by atoms with Gasteiger partial charge in [0.2, 0.25) is 0 Å². The minimum Gasteiger partial charge on any atom is -0.339 e. The first-order valence-corrected chi connectivity index (χ1v) is 10.5. The van der Waals surface area contributed by atoms with Crippen LogP contribution in [-0.4, -0.2) is 4.57 Å². The Bertz CT molecular complexity index is 1210. The number of nitrogens with zero attached hydrogens (tertiary/aromatic N) is 2. The average Bonchev–Trinajstić information content (AvgIpc) is 2.77. The molecule has 0 aliphatic carbocycles. The molecule has 0 saturated carbocycles. The van der Waals surface area contributed by atoms with E-state index in [4.69, 9.17) is 12.2 Å². The lowest BCUT2D eigenvalue weighted by atomic mass is 10.0. The van der Waals surface area contributed by atoms with E-state index in [2.05, 4.69) is 42.5 Å². The molecule has 0 aliphatic heterocycles. The summed E-state index contributed by atoms with van der Waals surface area (Å²) in [6.45, 7) is 0.282. The van der Waals surface area contributed by atoms with Gasteiger partial charge < -0.3 is 4.57 Å². The molecule has 4 heteroatoms. The van der Waals surface area contributed by atoms with Crippen molar-refractivity contribution in [3.05, 3.63) is 102 Å². The standard InChI is InChI=1S/C25H18N2S2/c26-15-16-27-17-23(19-7-3-1-4-8-19)25(28)24(18-27)20-11-13-22(14-12-20)29-21-9-5-2-6-10-21/h1-14,17-18H,16H2. The quantitative estimate of drug-likeness (QED) is 0.325. The lowest BCUT2D eigenvalue weighted by molar-refractivity contribution is 0.825. The van der Waals surface area contributed by atoms with Gasteiger partial charge >= 0.3 is 0 Å². The molecule has 0 atom stereocenters. The fourth-order valence-electron chi connectivity index (χ4n) is 3.16. The second kappa shape index (κ2) is 8.91. The maximum Gasteiger partial charge on any atom is 0.109 e. The molecule has 0 saturated heterocycles.